The predicted octanol–water partition coefficient (Wildman–Crippen LogP) is 2.85. The van der Waals surface area contributed by atoms with Gasteiger partial charge in [0.1, 0.15) is 0 Å². The molecule has 1 saturated carbocycles. The molecule has 1 aromatic heterocycles. The van der Waals surface area contributed by atoms with Crippen LogP contribution in [-0.4, -0.2) is 35.9 Å². The van der Waals surface area contributed by atoms with E-state index in [1.807, 2.05) is 0 Å². The van der Waals surface area contributed by atoms with Crippen molar-refractivity contribution in [3.63, 3.8) is 0 Å². The number of nitrogens with zero attached hydrogens (tertiary/aromatic N) is 2. The van der Waals surface area contributed by atoms with Gasteiger partial charge in [-0.3, -0.25) is 0 Å². The summed E-state index contributed by atoms with van der Waals surface area (Å²) in [6, 6.07) is 0.309. The molecule has 2 aliphatic rings. The number of rotatable bonds is 5. The number of nitrogens with one attached hydrogen (secondary N) is 1. The molecule has 0 bridgehead atoms. The van der Waals surface area contributed by atoms with E-state index >= 15 is 0 Å². The molecule has 2 fully saturated rings. The molecule has 3 rings (SSSR count). The van der Waals surface area contributed by atoms with Gasteiger partial charge in [-0.2, -0.15) is 4.98 Å². The third kappa shape index (κ3) is 3.46. The zero-order valence-corrected chi connectivity index (χ0v) is 13.2. The Bertz CT molecular complexity index is 448. The van der Waals surface area contributed by atoms with Crippen LogP contribution in [0.2, 0.25) is 0 Å². The van der Waals surface area contributed by atoms with Crippen LogP contribution < -0.4 is 5.32 Å². The van der Waals surface area contributed by atoms with Crippen molar-refractivity contribution in [1.82, 2.24) is 15.5 Å². The van der Waals surface area contributed by atoms with E-state index in [-0.39, 0.29) is 5.92 Å². The minimum atomic E-state index is 0.207. The standard InChI is InChI=1S/C16H27N3O2/c1-3-7-17-14-10-20-9-13(14)16-18-15(19-21-16)12-6-4-5-11(2)8-12/h11-14,17H,3-10H2,1-2H3. The Kier molecular flexibility index (Phi) is 4.91. The fourth-order valence-corrected chi connectivity index (χ4v) is 3.56. The van der Waals surface area contributed by atoms with Crippen LogP contribution in [0.1, 0.15) is 69.5 Å². The summed E-state index contributed by atoms with van der Waals surface area (Å²) < 4.78 is 11.2. The molecule has 4 atom stereocenters. The lowest BCUT2D eigenvalue weighted by molar-refractivity contribution is 0.184. The molecular formula is C16H27N3O2. The monoisotopic (exact) mass is 293 g/mol. The molecule has 21 heavy (non-hydrogen) atoms. The Morgan fingerprint density at radius 2 is 2.19 bits per heavy atom. The summed E-state index contributed by atoms with van der Waals surface area (Å²) in [5, 5.41) is 7.79. The Morgan fingerprint density at radius 1 is 1.29 bits per heavy atom. The summed E-state index contributed by atoms with van der Waals surface area (Å²) in [4.78, 5) is 4.71. The lowest BCUT2D eigenvalue weighted by atomic mass is 9.82. The van der Waals surface area contributed by atoms with Crippen LogP contribution in [-0.2, 0) is 4.74 Å². The number of hydrogen-bond donors (Lipinski definition) is 1. The van der Waals surface area contributed by atoms with E-state index < -0.39 is 0 Å². The summed E-state index contributed by atoms with van der Waals surface area (Å²) in [6.07, 6.45) is 6.13. The lowest BCUT2D eigenvalue weighted by Gasteiger charge is -2.23. The molecule has 1 N–H and O–H groups in total. The molecule has 0 aromatic carbocycles. The van der Waals surface area contributed by atoms with Crippen molar-refractivity contribution in [2.24, 2.45) is 5.92 Å². The average Bonchev–Trinajstić information content (AvgIpc) is 3.13. The quantitative estimate of drug-likeness (QED) is 0.904. The molecular weight excluding hydrogens is 266 g/mol. The van der Waals surface area contributed by atoms with E-state index in [1.54, 1.807) is 0 Å². The fraction of sp³-hybridized carbons (Fsp3) is 0.875. The van der Waals surface area contributed by atoms with Crippen molar-refractivity contribution in [2.75, 3.05) is 19.8 Å². The minimum absolute atomic E-state index is 0.207. The van der Waals surface area contributed by atoms with E-state index in [2.05, 4.69) is 24.3 Å². The van der Waals surface area contributed by atoms with Crippen molar-refractivity contribution in [3.05, 3.63) is 11.7 Å². The molecule has 2 heterocycles. The normalized spacial score (nSPS) is 33.4. The first-order valence-corrected chi connectivity index (χ1v) is 8.42. The Balaban J connectivity index is 1.66. The summed E-state index contributed by atoms with van der Waals surface area (Å²) in [5.41, 5.74) is 0. The summed E-state index contributed by atoms with van der Waals surface area (Å²) in [5.74, 6) is 3.14. The Hall–Kier alpha value is -0.940. The van der Waals surface area contributed by atoms with Gasteiger partial charge in [0.15, 0.2) is 5.82 Å². The molecule has 0 spiro atoms. The van der Waals surface area contributed by atoms with Crippen LogP contribution in [0.3, 0.4) is 0 Å². The summed E-state index contributed by atoms with van der Waals surface area (Å²) in [7, 11) is 0. The zero-order valence-electron chi connectivity index (χ0n) is 13.2. The van der Waals surface area contributed by atoms with Crippen LogP contribution >= 0.6 is 0 Å². The second kappa shape index (κ2) is 6.88. The highest BCUT2D eigenvalue weighted by Crippen LogP contribution is 2.35. The smallest absolute Gasteiger partial charge is 0.233 e. The summed E-state index contributed by atoms with van der Waals surface area (Å²) >= 11 is 0. The van der Waals surface area contributed by atoms with Crippen molar-refractivity contribution in [1.29, 1.82) is 0 Å². The largest absolute Gasteiger partial charge is 0.379 e. The highest BCUT2D eigenvalue weighted by Gasteiger charge is 2.34. The van der Waals surface area contributed by atoms with Crippen LogP contribution in [0.4, 0.5) is 0 Å². The van der Waals surface area contributed by atoms with Crippen molar-refractivity contribution >= 4 is 0 Å². The molecule has 5 nitrogen and oxygen atoms in total. The summed E-state index contributed by atoms with van der Waals surface area (Å²) in [6.45, 7) is 6.92. The molecule has 0 radical (unpaired) electrons. The van der Waals surface area contributed by atoms with Gasteiger partial charge < -0.3 is 14.6 Å². The van der Waals surface area contributed by atoms with Gasteiger partial charge in [0.2, 0.25) is 5.89 Å². The van der Waals surface area contributed by atoms with Gasteiger partial charge >= 0.3 is 0 Å². The Labute approximate surface area is 126 Å². The maximum Gasteiger partial charge on any atom is 0.233 e. The molecule has 0 amide bonds. The number of ether oxygens (including phenoxy) is 1. The zero-order chi connectivity index (χ0) is 14.7. The van der Waals surface area contributed by atoms with Gasteiger partial charge in [0.05, 0.1) is 19.1 Å². The third-order valence-electron chi connectivity index (χ3n) is 4.81. The highest BCUT2D eigenvalue weighted by atomic mass is 16.5. The van der Waals surface area contributed by atoms with Crippen molar-refractivity contribution < 1.29 is 9.26 Å². The van der Waals surface area contributed by atoms with Crippen molar-refractivity contribution in [2.45, 2.75) is 63.8 Å². The lowest BCUT2D eigenvalue weighted by Crippen LogP contribution is -2.35. The van der Waals surface area contributed by atoms with Crippen LogP contribution in [0, 0.1) is 5.92 Å². The highest BCUT2D eigenvalue weighted by molar-refractivity contribution is 5.05. The van der Waals surface area contributed by atoms with Crippen molar-refractivity contribution in [3.8, 4) is 0 Å². The van der Waals surface area contributed by atoms with Gasteiger partial charge in [0.25, 0.3) is 0 Å². The molecule has 118 valence electrons. The second-order valence-electron chi connectivity index (χ2n) is 6.66. The molecule has 5 heteroatoms. The van der Waals surface area contributed by atoms with E-state index in [1.165, 1.54) is 25.7 Å². The fourth-order valence-electron chi connectivity index (χ4n) is 3.56. The maximum atomic E-state index is 5.60. The maximum absolute atomic E-state index is 5.60. The third-order valence-corrected chi connectivity index (χ3v) is 4.81. The Morgan fingerprint density at radius 3 is 3.00 bits per heavy atom. The topological polar surface area (TPSA) is 60.2 Å². The molecule has 1 aliphatic heterocycles. The second-order valence-corrected chi connectivity index (χ2v) is 6.66. The first kappa shape index (κ1) is 15.0. The van der Waals surface area contributed by atoms with E-state index in [9.17, 15) is 0 Å². The van der Waals surface area contributed by atoms with E-state index in [0.29, 0.717) is 18.6 Å². The van der Waals surface area contributed by atoms with Crippen LogP contribution in [0.15, 0.2) is 4.52 Å². The van der Waals surface area contributed by atoms with Gasteiger partial charge in [-0.25, -0.2) is 0 Å². The number of aromatic nitrogens is 2. The minimum Gasteiger partial charge on any atom is -0.379 e. The predicted molar refractivity (Wildman–Crippen MR) is 80.3 cm³/mol. The van der Waals surface area contributed by atoms with Crippen LogP contribution in [0.25, 0.3) is 0 Å². The van der Waals surface area contributed by atoms with E-state index in [4.69, 9.17) is 14.2 Å². The first-order chi connectivity index (χ1) is 10.3. The number of hydrogen-bond acceptors (Lipinski definition) is 5. The van der Waals surface area contributed by atoms with Gasteiger partial charge in [-0.05, 0) is 31.7 Å². The first-order valence-electron chi connectivity index (χ1n) is 8.42. The van der Waals surface area contributed by atoms with Gasteiger partial charge in [0, 0.05) is 12.0 Å². The molecule has 4 unspecified atom stereocenters. The molecule has 1 aliphatic carbocycles. The molecule has 1 aromatic rings. The average molecular weight is 293 g/mol. The van der Waals surface area contributed by atoms with E-state index in [0.717, 1.165) is 37.2 Å². The van der Waals surface area contributed by atoms with Gasteiger partial charge in [-0.15, -0.1) is 0 Å². The SMILES string of the molecule is CCCNC1COCC1c1nc(C2CCCC(C)C2)no1. The van der Waals surface area contributed by atoms with Crippen LogP contribution in [0.5, 0.6) is 0 Å². The van der Waals surface area contributed by atoms with Gasteiger partial charge in [-0.1, -0.05) is 31.8 Å². The molecule has 1 saturated heterocycles.